The molecule has 0 saturated carbocycles. The normalized spacial score (nSPS) is 15.9. The molecule has 2 aromatic heterocycles. The first kappa shape index (κ1) is 12.4. The Balaban J connectivity index is 1.75. The lowest BCUT2D eigenvalue weighted by Crippen LogP contribution is -2.46. The third-order valence-corrected chi connectivity index (χ3v) is 3.49. The molecule has 100 valence electrons. The molecule has 0 spiro atoms. The lowest BCUT2D eigenvalue weighted by atomic mass is 10.2. The molecule has 3 rings (SSSR count). The molecule has 3 heterocycles. The molecule has 0 atom stereocenters. The predicted molar refractivity (Wildman–Crippen MR) is 73.4 cm³/mol. The second kappa shape index (κ2) is 5.19. The molecule has 1 fully saturated rings. The van der Waals surface area contributed by atoms with Gasteiger partial charge in [-0.1, -0.05) is 11.6 Å². The highest BCUT2D eigenvalue weighted by molar-refractivity contribution is 6.30. The molecule has 1 amide bonds. The van der Waals surface area contributed by atoms with Crippen LogP contribution in [0.15, 0.2) is 24.5 Å². The number of nitrogens with one attached hydrogen (secondary N) is 1. The smallest absolute Gasteiger partial charge is 0.228 e. The molecule has 6 heteroatoms. The van der Waals surface area contributed by atoms with Crippen molar-refractivity contribution in [2.24, 2.45) is 0 Å². The van der Waals surface area contributed by atoms with Gasteiger partial charge in [-0.2, -0.15) is 0 Å². The second-order valence-electron chi connectivity index (χ2n) is 4.65. The molecule has 0 aromatic carbocycles. The molecule has 0 unspecified atom stereocenters. The highest BCUT2D eigenvalue weighted by Gasteiger charge is 2.17. The monoisotopic (exact) mass is 278 g/mol. The van der Waals surface area contributed by atoms with Crippen molar-refractivity contribution in [2.75, 3.05) is 26.2 Å². The van der Waals surface area contributed by atoms with E-state index in [0.29, 0.717) is 11.4 Å². The maximum absolute atomic E-state index is 12.1. The molecule has 2 aromatic rings. The van der Waals surface area contributed by atoms with Crippen LogP contribution in [0, 0.1) is 0 Å². The van der Waals surface area contributed by atoms with Gasteiger partial charge in [0.25, 0.3) is 0 Å². The molecule has 19 heavy (non-hydrogen) atoms. The average molecular weight is 279 g/mol. The van der Waals surface area contributed by atoms with E-state index in [2.05, 4.69) is 10.3 Å². The van der Waals surface area contributed by atoms with Crippen molar-refractivity contribution in [1.82, 2.24) is 19.6 Å². The van der Waals surface area contributed by atoms with Gasteiger partial charge in [0.1, 0.15) is 5.65 Å². The number of aromatic nitrogens is 2. The minimum Gasteiger partial charge on any atom is -0.340 e. The van der Waals surface area contributed by atoms with Crippen LogP contribution in [-0.2, 0) is 11.2 Å². The van der Waals surface area contributed by atoms with Crippen LogP contribution < -0.4 is 5.32 Å². The van der Waals surface area contributed by atoms with Crippen LogP contribution >= 0.6 is 11.6 Å². The Hall–Kier alpha value is -1.59. The lowest BCUT2D eigenvalue weighted by Gasteiger charge is -2.27. The number of hydrogen-bond acceptors (Lipinski definition) is 3. The molecule has 1 aliphatic heterocycles. The Morgan fingerprint density at radius 2 is 2.11 bits per heavy atom. The van der Waals surface area contributed by atoms with Crippen molar-refractivity contribution in [2.45, 2.75) is 6.42 Å². The zero-order valence-electron chi connectivity index (χ0n) is 10.5. The van der Waals surface area contributed by atoms with Gasteiger partial charge in [-0.3, -0.25) is 4.79 Å². The fourth-order valence-electron chi connectivity index (χ4n) is 2.28. The van der Waals surface area contributed by atoms with Crippen molar-refractivity contribution in [3.05, 3.63) is 35.2 Å². The van der Waals surface area contributed by atoms with Crippen LogP contribution in [0.2, 0.25) is 5.02 Å². The van der Waals surface area contributed by atoms with Crippen molar-refractivity contribution in [1.29, 1.82) is 0 Å². The maximum Gasteiger partial charge on any atom is 0.228 e. The number of piperazine rings is 1. The first-order chi connectivity index (χ1) is 9.22. The van der Waals surface area contributed by atoms with Crippen LogP contribution in [0.5, 0.6) is 0 Å². The van der Waals surface area contributed by atoms with Crippen LogP contribution in [0.25, 0.3) is 5.65 Å². The maximum atomic E-state index is 12.1. The van der Waals surface area contributed by atoms with E-state index in [9.17, 15) is 4.79 Å². The van der Waals surface area contributed by atoms with Gasteiger partial charge in [-0.05, 0) is 12.1 Å². The first-order valence-corrected chi connectivity index (χ1v) is 6.72. The number of imidazole rings is 1. The Labute approximate surface area is 116 Å². The van der Waals surface area contributed by atoms with Gasteiger partial charge >= 0.3 is 0 Å². The number of carbonyl (C=O) groups is 1. The molecule has 0 aliphatic carbocycles. The SMILES string of the molecule is O=C(Cc1cn2cc(Cl)ccc2n1)N1CCNCC1. The topological polar surface area (TPSA) is 49.6 Å². The van der Waals surface area contributed by atoms with Crippen LogP contribution in [0.4, 0.5) is 0 Å². The number of nitrogens with zero attached hydrogens (tertiary/aromatic N) is 3. The summed E-state index contributed by atoms with van der Waals surface area (Å²) < 4.78 is 1.85. The Kier molecular flexibility index (Phi) is 3.40. The minimum absolute atomic E-state index is 0.135. The number of fused-ring (bicyclic) bond motifs is 1. The third-order valence-electron chi connectivity index (χ3n) is 3.27. The van der Waals surface area contributed by atoms with Gasteiger partial charge in [0.05, 0.1) is 17.1 Å². The van der Waals surface area contributed by atoms with E-state index in [1.54, 1.807) is 12.3 Å². The van der Waals surface area contributed by atoms with Gasteiger partial charge < -0.3 is 14.6 Å². The number of halogens is 1. The van der Waals surface area contributed by atoms with E-state index < -0.39 is 0 Å². The lowest BCUT2D eigenvalue weighted by molar-refractivity contribution is -0.131. The van der Waals surface area contributed by atoms with Gasteiger partial charge in [0, 0.05) is 38.6 Å². The molecular weight excluding hydrogens is 264 g/mol. The standard InChI is InChI=1S/C13H15ClN4O/c14-10-1-2-12-16-11(9-18(12)8-10)7-13(19)17-5-3-15-4-6-17/h1-2,8-9,15H,3-7H2. The Bertz CT molecular complexity index is 604. The van der Waals surface area contributed by atoms with Gasteiger partial charge in [-0.25, -0.2) is 4.98 Å². The summed E-state index contributed by atoms with van der Waals surface area (Å²) >= 11 is 5.92. The molecule has 1 aliphatic rings. The summed E-state index contributed by atoms with van der Waals surface area (Å²) in [5.74, 6) is 0.135. The zero-order valence-corrected chi connectivity index (χ0v) is 11.2. The van der Waals surface area contributed by atoms with Crippen molar-refractivity contribution < 1.29 is 4.79 Å². The summed E-state index contributed by atoms with van der Waals surface area (Å²) in [6.07, 6.45) is 4.00. The van der Waals surface area contributed by atoms with Crippen molar-refractivity contribution in [3.63, 3.8) is 0 Å². The number of hydrogen-bond donors (Lipinski definition) is 1. The Morgan fingerprint density at radius 1 is 1.32 bits per heavy atom. The summed E-state index contributed by atoms with van der Waals surface area (Å²) in [5, 5.41) is 3.89. The summed E-state index contributed by atoms with van der Waals surface area (Å²) in [6, 6.07) is 3.65. The molecule has 1 N–H and O–H groups in total. The van der Waals surface area contributed by atoms with E-state index in [0.717, 1.165) is 37.5 Å². The summed E-state index contributed by atoms with van der Waals surface area (Å²) in [6.45, 7) is 3.29. The summed E-state index contributed by atoms with van der Waals surface area (Å²) in [5.41, 5.74) is 1.60. The predicted octanol–water partition coefficient (Wildman–Crippen LogP) is 0.962. The summed E-state index contributed by atoms with van der Waals surface area (Å²) in [4.78, 5) is 18.4. The average Bonchev–Trinajstić information content (AvgIpc) is 2.81. The van der Waals surface area contributed by atoms with E-state index in [1.807, 2.05) is 21.6 Å². The van der Waals surface area contributed by atoms with Gasteiger partial charge in [-0.15, -0.1) is 0 Å². The van der Waals surface area contributed by atoms with Crippen LogP contribution in [0.3, 0.4) is 0 Å². The van der Waals surface area contributed by atoms with E-state index >= 15 is 0 Å². The summed E-state index contributed by atoms with van der Waals surface area (Å²) in [7, 11) is 0. The van der Waals surface area contributed by atoms with Crippen molar-refractivity contribution in [3.8, 4) is 0 Å². The van der Waals surface area contributed by atoms with Crippen LogP contribution in [0.1, 0.15) is 5.69 Å². The largest absolute Gasteiger partial charge is 0.340 e. The van der Waals surface area contributed by atoms with E-state index in [-0.39, 0.29) is 5.91 Å². The number of pyridine rings is 1. The molecule has 1 saturated heterocycles. The molecule has 5 nitrogen and oxygen atoms in total. The number of carbonyl (C=O) groups excluding carboxylic acids is 1. The number of amides is 1. The van der Waals surface area contributed by atoms with E-state index in [1.165, 1.54) is 0 Å². The highest BCUT2D eigenvalue weighted by atomic mass is 35.5. The second-order valence-corrected chi connectivity index (χ2v) is 5.09. The molecule has 0 bridgehead atoms. The van der Waals surface area contributed by atoms with Crippen molar-refractivity contribution >= 4 is 23.2 Å². The number of rotatable bonds is 2. The quantitative estimate of drug-likeness (QED) is 0.890. The fraction of sp³-hybridized carbons (Fsp3) is 0.385. The first-order valence-electron chi connectivity index (χ1n) is 6.34. The van der Waals surface area contributed by atoms with Gasteiger partial charge in [0.15, 0.2) is 0 Å². The van der Waals surface area contributed by atoms with E-state index in [4.69, 9.17) is 11.6 Å². The zero-order chi connectivity index (χ0) is 13.2. The molecular formula is C13H15ClN4O. The molecule has 0 radical (unpaired) electrons. The van der Waals surface area contributed by atoms with Crippen LogP contribution in [-0.4, -0.2) is 46.4 Å². The highest BCUT2D eigenvalue weighted by Crippen LogP contribution is 2.12. The fourth-order valence-corrected chi connectivity index (χ4v) is 2.45. The Morgan fingerprint density at radius 3 is 2.89 bits per heavy atom. The minimum atomic E-state index is 0.135. The van der Waals surface area contributed by atoms with Gasteiger partial charge in [0.2, 0.25) is 5.91 Å². The third kappa shape index (κ3) is 2.72.